The minimum Gasteiger partial charge on any atom is -0.479 e. The Bertz CT molecular complexity index is 886. The van der Waals surface area contributed by atoms with Gasteiger partial charge in [-0.05, 0) is 12.1 Å². The molecule has 0 aliphatic heterocycles. The van der Waals surface area contributed by atoms with E-state index in [1.54, 1.807) is 5.38 Å². The predicted octanol–water partition coefficient (Wildman–Crippen LogP) is 4.12. The number of aromatic nitrogens is 1. The summed E-state index contributed by atoms with van der Waals surface area (Å²) in [6, 6.07) is 2.70. The largest absolute Gasteiger partial charge is 0.479 e. The van der Waals surface area contributed by atoms with E-state index < -0.39 is 41.5 Å². The fourth-order valence-electron chi connectivity index (χ4n) is 1.84. The molecule has 0 saturated carbocycles. The SMILES string of the molecule is O=C(Nc1nccs1)c1ccc(COc2c(F)c(F)cc(F)c2F)o1. The number of furan rings is 1. The molecule has 10 heteroatoms. The van der Waals surface area contributed by atoms with Gasteiger partial charge in [0.1, 0.15) is 12.4 Å². The van der Waals surface area contributed by atoms with Gasteiger partial charge in [0.2, 0.25) is 11.6 Å². The molecule has 0 aliphatic rings. The molecule has 2 aromatic heterocycles. The van der Waals surface area contributed by atoms with E-state index in [-0.39, 0.29) is 17.6 Å². The van der Waals surface area contributed by atoms with E-state index in [2.05, 4.69) is 10.3 Å². The molecular formula is C15H8F4N2O3S. The summed E-state index contributed by atoms with van der Waals surface area (Å²) in [7, 11) is 0. The number of benzene rings is 1. The Labute approximate surface area is 141 Å². The van der Waals surface area contributed by atoms with Crippen LogP contribution in [0.1, 0.15) is 16.3 Å². The van der Waals surface area contributed by atoms with Crippen molar-refractivity contribution in [2.24, 2.45) is 0 Å². The Balaban J connectivity index is 1.69. The minimum atomic E-state index is -1.66. The fraction of sp³-hybridized carbons (Fsp3) is 0.0667. The van der Waals surface area contributed by atoms with Gasteiger partial charge in [-0.25, -0.2) is 13.8 Å². The zero-order valence-corrected chi connectivity index (χ0v) is 13.0. The predicted molar refractivity (Wildman–Crippen MR) is 79.4 cm³/mol. The second kappa shape index (κ2) is 6.93. The highest BCUT2D eigenvalue weighted by molar-refractivity contribution is 7.13. The van der Waals surface area contributed by atoms with E-state index in [0.717, 1.165) is 0 Å². The van der Waals surface area contributed by atoms with E-state index in [4.69, 9.17) is 9.15 Å². The molecule has 3 rings (SSSR count). The number of carbonyl (C=O) groups excluding carboxylic acids is 1. The molecule has 0 aliphatic carbocycles. The first-order chi connectivity index (χ1) is 12.0. The van der Waals surface area contributed by atoms with Crippen LogP contribution in [0.25, 0.3) is 0 Å². The van der Waals surface area contributed by atoms with Crippen molar-refractivity contribution in [1.82, 2.24) is 4.98 Å². The number of nitrogens with zero attached hydrogens (tertiary/aromatic N) is 1. The summed E-state index contributed by atoms with van der Waals surface area (Å²) in [5.41, 5.74) is 0. The Kier molecular flexibility index (Phi) is 4.70. The van der Waals surface area contributed by atoms with Crippen LogP contribution in [-0.4, -0.2) is 10.9 Å². The molecule has 0 saturated heterocycles. The Morgan fingerprint density at radius 2 is 1.92 bits per heavy atom. The number of hydrogen-bond acceptors (Lipinski definition) is 5. The molecule has 0 radical (unpaired) electrons. The molecule has 130 valence electrons. The van der Waals surface area contributed by atoms with Crippen molar-refractivity contribution in [3.63, 3.8) is 0 Å². The van der Waals surface area contributed by atoms with E-state index in [9.17, 15) is 22.4 Å². The van der Waals surface area contributed by atoms with Gasteiger partial charge >= 0.3 is 0 Å². The number of nitrogens with one attached hydrogen (secondary N) is 1. The van der Waals surface area contributed by atoms with Crippen LogP contribution in [0, 0.1) is 23.3 Å². The second-order valence-electron chi connectivity index (χ2n) is 4.64. The number of rotatable bonds is 5. The molecule has 0 bridgehead atoms. The van der Waals surface area contributed by atoms with Gasteiger partial charge in [0.05, 0.1) is 0 Å². The molecule has 2 heterocycles. The van der Waals surface area contributed by atoms with Crippen LogP contribution in [-0.2, 0) is 6.61 Å². The Hall–Kier alpha value is -2.88. The maximum atomic E-state index is 13.5. The first-order valence-corrected chi connectivity index (χ1v) is 7.59. The van der Waals surface area contributed by atoms with Gasteiger partial charge < -0.3 is 9.15 Å². The third kappa shape index (κ3) is 3.63. The number of halogens is 4. The Morgan fingerprint density at radius 1 is 1.20 bits per heavy atom. The molecule has 0 fully saturated rings. The van der Waals surface area contributed by atoms with Crippen molar-refractivity contribution in [3.8, 4) is 5.75 Å². The number of carbonyl (C=O) groups is 1. The van der Waals surface area contributed by atoms with Gasteiger partial charge in [-0.15, -0.1) is 11.3 Å². The molecule has 1 aromatic carbocycles. The average molecular weight is 372 g/mol. The van der Waals surface area contributed by atoms with E-state index in [1.807, 2.05) is 0 Å². The van der Waals surface area contributed by atoms with Crippen molar-refractivity contribution in [1.29, 1.82) is 0 Å². The van der Waals surface area contributed by atoms with E-state index >= 15 is 0 Å². The van der Waals surface area contributed by atoms with Crippen LogP contribution in [0.15, 0.2) is 34.2 Å². The number of ether oxygens (including phenoxy) is 1. The summed E-state index contributed by atoms with van der Waals surface area (Å²) >= 11 is 1.20. The molecule has 1 N–H and O–H groups in total. The van der Waals surface area contributed by atoms with Gasteiger partial charge in [0.15, 0.2) is 28.3 Å². The summed E-state index contributed by atoms with van der Waals surface area (Å²) in [6.45, 7) is -0.540. The smallest absolute Gasteiger partial charge is 0.293 e. The summed E-state index contributed by atoms with van der Waals surface area (Å²) in [6.07, 6.45) is 1.50. The molecule has 1 amide bonds. The van der Waals surface area contributed by atoms with Gasteiger partial charge in [0, 0.05) is 17.6 Å². The second-order valence-corrected chi connectivity index (χ2v) is 5.54. The van der Waals surface area contributed by atoms with Crippen LogP contribution < -0.4 is 10.1 Å². The standard InChI is InChI=1S/C15H8F4N2O3S/c16-8-5-9(17)12(19)13(11(8)18)23-6-7-1-2-10(24-7)14(22)21-15-20-3-4-25-15/h1-5H,6H2,(H,20,21,22). The van der Waals surface area contributed by atoms with Crippen molar-refractivity contribution < 1.29 is 31.5 Å². The topological polar surface area (TPSA) is 64.4 Å². The van der Waals surface area contributed by atoms with Crippen molar-refractivity contribution in [3.05, 3.63) is 64.6 Å². The number of amides is 1. The van der Waals surface area contributed by atoms with Gasteiger partial charge in [-0.2, -0.15) is 8.78 Å². The average Bonchev–Trinajstić information content (AvgIpc) is 3.24. The summed E-state index contributed by atoms with van der Waals surface area (Å²) in [4.78, 5) is 15.8. The minimum absolute atomic E-state index is 0.0211. The first-order valence-electron chi connectivity index (χ1n) is 6.71. The van der Waals surface area contributed by atoms with Gasteiger partial charge in [-0.3, -0.25) is 10.1 Å². The van der Waals surface area contributed by atoms with Crippen LogP contribution in [0.4, 0.5) is 22.7 Å². The normalized spacial score (nSPS) is 10.7. The third-order valence-electron chi connectivity index (χ3n) is 2.97. The zero-order chi connectivity index (χ0) is 18.0. The lowest BCUT2D eigenvalue weighted by molar-refractivity contribution is 0.0992. The summed E-state index contributed by atoms with van der Waals surface area (Å²) in [5.74, 6) is -8.36. The van der Waals surface area contributed by atoms with Gasteiger partial charge in [0.25, 0.3) is 5.91 Å². The lowest BCUT2D eigenvalue weighted by Crippen LogP contribution is -2.10. The van der Waals surface area contributed by atoms with Crippen LogP contribution >= 0.6 is 11.3 Å². The highest BCUT2D eigenvalue weighted by Crippen LogP contribution is 2.27. The lowest BCUT2D eigenvalue weighted by atomic mass is 10.3. The van der Waals surface area contributed by atoms with Crippen molar-refractivity contribution in [2.45, 2.75) is 6.61 Å². The number of hydrogen-bond donors (Lipinski definition) is 1. The molecule has 3 aromatic rings. The number of anilines is 1. The highest BCUT2D eigenvalue weighted by Gasteiger charge is 2.21. The maximum Gasteiger partial charge on any atom is 0.293 e. The van der Waals surface area contributed by atoms with Crippen molar-refractivity contribution in [2.75, 3.05) is 5.32 Å². The van der Waals surface area contributed by atoms with E-state index in [1.165, 1.54) is 29.7 Å². The fourth-order valence-corrected chi connectivity index (χ4v) is 2.37. The van der Waals surface area contributed by atoms with Gasteiger partial charge in [-0.1, -0.05) is 0 Å². The third-order valence-corrected chi connectivity index (χ3v) is 3.66. The lowest BCUT2D eigenvalue weighted by Gasteiger charge is -2.08. The quantitative estimate of drug-likeness (QED) is 0.540. The zero-order valence-electron chi connectivity index (χ0n) is 12.2. The van der Waals surface area contributed by atoms with Crippen LogP contribution in [0.3, 0.4) is 0 Å². The highest BCUT2D eigenvalue weighted by atomic mass is 32.1. The van der Waals surface area contributed by atoms with Crippen molar-refractivity contribution >= 4 is 22.4 Å². The molecule has 5 nitrogen and oxygen atoms in total. The monoisotopic (exact) mass is 372 g/mol. The molecule has 0 atom stereocenters. The number of thiazole rings is 1. The van der Waals surface area contributed by atoms with Crippen LogP contribution in [0.2, 0.25) is 0 Å². The summed E-state index contributed by atoms with van der Waals surface area (Å²) in [5, 5.41) is 4.50. The molecule has 0 unspecified atom stereocenters. The first kappa shape index (κ1) is 17.0. The maximum absolute atomic E-state index is 13.5. The molecule has 25 heavy (non-hydrogen) atoms. The summed E-state index contributed by atoms with van der Waals surface area (Å²) < 4.78 is 63.1. The Morgan fingerprint density at radius 3 is 2.56 bits per heavy atom. The molecular weight excluding hydrogens is 364 g/mol. The molecule has 0 spiro atoms. The van der Waals surface area contributed by atoms with Crippen LogP contribution in [0.5, 0.6) is 5.75 Å². The van der Waals surface area contributed by atoms with E-state index in [0.29, 0.717) is 5.13 Å².